The molecular weight excluding hydrogens is 429 g/mol. The Kier molecular flexibility index (Phi) is 5.64. The van der Waals surface area contributed by atoms with Gasteiger partial charge >= 0.3 is 6.18 Å². The van der Waals surface area contributed by atoms with Crippen molar-refractivity contribution in [2.45, 2.75) is 74.9 Å². The third-order valence-electron chi connectivity index (χ3n) is 6.43. The van der Waals surface area contributed by atoms with Gasteiger partial charge in [-0.25, -0.2) is 4.98 Å². The van der Waals surface area contributed by atoms with Crippen LogP contribution >= 0.6 is 11.3 Å². The zero-order chi connectivity index (χ0) is 22.4. The van der Waals surface area contributed by atoms with Crippen molar-refractivity contribution < 1.29 is 28.2 Å². The number of carbonyl (C=O) groups excluding carboxylic acids is 1. The van der Waals surface area contributed by atoms with E-state index in [1.54, 1.807) is 6.20 Å². The Hall–Kier alpha value is -1.97. The third kappa shape index (κ3) is 4.23. The van der Waals surface area contributed by atoms with Gasteiger partial charge in [-0.1, -0.05) is 12.1 Å². The first-order valence-corrected chi connectivity index (χ1v) is 11.3. The Morgan fingerprint density at radius 2 is 1.71 bits per heavy atom. The number of aliphatic hydroxyl groups is 2. The molecule has 2 saturated carbocycles. The number of carbonyl (C=O) groups is 1. The molecule has 2 aliphatic rings. The summed E-state index contributed by atoms with van der Waals surface area (Å²) in [7, 11) is 0. The molecule has 1 heterocycles. The lowest BCUT2D eigenvalue weighted by Crippen LogP contribution is -2.46. The molecular formula is C22H25F3N2O3S. The smallest absolute Gasteiger partial charge is 0.383 e. The summed E-state index contributed by atoms with van der Waals surface area (Å²) < 4.78 is 39.2. The number of thiazole rings is 1. The van der Waals surface area contributed by atoms with Gasteiger partial charge in [0.05, 0.1) is 0 Å². The molecule has 31 heavy (non-hydrogen) atoms. The summed E-state index contributed by atoms with van der Waals surface area (Å²) in [5.74, 6) is -0.217. The van der Waals surface area contributed by atoms with Gasteiger partial charge in [-0.2, -0.15) is 13.2 Å². The second-order valence-corrected chi connectivity index (χ2v) is 9.59. The Morgan fingerprint density at radius 3 is 2.19 bits per heavy atom. The van der Waals surface area contributed by atoms with Crippen LogP contribution in [0.1, 0.15) is 66.4 Å². The van der Waals surface area contributed by atoms with Crippen molar-refractivity contribution in [1.82, 2.24) is 9.88 Å². The predicted octanol–water partition coefficient (Wildman–Crippen LogP) is 4.35. The zero-order valence-corrected chi connectivity index (χ0v) is 17.9. The van der Waals surface area contributed by atoms with E-state index in [0.717, 1.165) is 25.0 Å². The highest BCUT2D eigenvalue weighted by atomic mass is 32.1. The van der Waals surface area contributed by atoms with Crippen molar-refractivity contribution in [2.24, 2.45) is 0 Å². The molecule has 1 amide bonds. The lowest BCUT2D eigenvalue weighted by Gasteiger charge is -2.40. The van der Waals surface area contributed by atoms with Gasteiger partial charge < -0.3 is 15.1 Å². The van der Waals surface area contributed by atoms with Crippen molar-refractivity contribution >= 4 is 17.2 Å². The molecule has 1 atom stereocenters. The van der Waals surface area contributed by atoms with Crippen LogP contribution < -0.4 is 0 Å². The largest absolute Gasteiger partial charge is 0.421 e. The predicted molar refractivity (Wildman–Crippen MR) is 110 cm³/mol. The molecule has 2 aliphatic carbocycles. The van der Waals surface area contributed by atoms with E-state index in [-0.39, 0.29) is 23.6 Å². The fourth-order valence-corrected chi connectivity index (χ4v) is 5.05. The number of hydrogen-bond acceptors (Lipinski definition) is 5. The minimum atomic E-state index is -4.81. The quantitative estimate of drug-likeness (QED) is 0.705. The van der Waals surface area contributed by atoms with Gasteiger partial charge in [-0.05, 0) is 63.1 Å². The second kappa shape index (κ2) is 7.86. The van der Waals surface area contributed by atoms with Crippen LogP contribution in [0.15, 0.2) is 35.8 Å². The van der Waals surface area contributed by atoms with Gasteiger partial charge in [0.1, 0.15) is 10.6 Å². The average Bonchev–Trinajstić information content (AvgIpc) is 3.39. The summed E-state index contributed by atoms with van der Waals surface area (Å²) in [6.07, 6.45) is 0.959. The fraction of sp³-hybridized carbons (Fsp3) is 0.545. The molecule has 4 rings (SSSR count). The van der Waals surface area contributed by atoms with E-state index < -0.39 is 17.4 Å². The molecule has 1 aromatic heterocycles. The van der Waals surface area contributed by atoms with Crippen molar-refractivity contribution in [2.75, 3.05) is 0 Å². The minimum Gasteiger partial charge on any atom is -0.383 e. The van der Waals surface area contributed by atoms with E-state index in [4.69, 9.17) is 0 Å². The summed E-state index contributed by atoms with van der Waals surface area (Å²) in [6, 6.07) is 5.12. The van der Waals surface area contributed by atoms with Crippen LogP contribution in [0, 0.1) is 0 Å². The van der Waals surface area contributed by atoms with Gasteiger partial charge in [0.25, 0.3) is 5.91 Å². The molecule has 2 fully saturated rings. The van der Waals surface area contributed by atoms with Crippen molar-refractivity contribution in [3.63, 3.8) is 0 Å². The van der Waals surface area contributed by atoms with Gasteiger partial charge in [0.2, 0.25) is 0 Å². The van der Waals surface area contributed by atoms with Gasteiger partial charge in [0.15, 0.2) is 5.60 Å². The van der Waals surface area contributed by atoms with Crippen molar-refractivity contribution in [3.8, 4) is 0 Å². The van der Waals surface area contributed by atoms with Crippen LogP contribution in [-0.2, 0) is 11.2 Å². The van der Waals surface area contributed by atoms with E-state index in [1.165, 1.54) is 23.5 Å². The van der Waals surface area contributed by atoms with Crippen LogP contribution in [0.2, 0.25) is 0 Å². The van der Waals surface area contributed by atoms with Crippen LogP contribution in [0.3, 0.4) is 0 Å². The molecule has 1 aromatic carbocycles. The summed E-state index contributed by atoms with van der Waals surface area (Å²) in [5.41, 5.74) is -3.95. The Balaban J connectivity index is 1.49. The lowest BCUT2D eigenvalue weighted by atomic mass is 9.81. The van der Waals surface area contributed by atoms with Gasteiger partial charge in [0, 0.05) is 29.2 Å². The average molecular weight is 455 g/mol. The molecule has 0 saturated heterocycles. The molecule has 0 radical (unpaired) electrons. The number of alkyl halides is 3. The minimum absolute atomic E-state index is 0.0294. The van der Waals surface area contributed by atoms with Crippen LogP contribution in [-0.4, -0.2) is 44.3 Å². The van der Waals surface area contributed by atoms with Crippen molar-refractivity contribution in [1.29, 1.82) is 0 Å². The van der Waals surface area contributed by atoms with Crippen molar-refractivity contribution in [3.05, 3.63) is 52.0 Å². The first kappa shape index (κ1) is 22.2. The topological polar surface area (TPSA) is 73.7 Å². The second-order valence-electron chi connectivity index (χ2n) is 8.69. The van der Waals surface area contributed by atoms with Crippen LogP contribution in [0.25, 0.3) is 0 Å². The maximum Gasteiger partial charge on any atom is 0.421 e. The molecule has 9 heteroatoms. The van der Waals surface area contributed by atoms with E-state index >= 15 is 0 Å². The number of nitrogens with zero attached hydrogens (tertiary/aromatic N) is 2. The molecule has 0 aliphatic heterocycles. The normalized spacial score (nSPS) is 26.3. The molecule has 0 unspecified atom stereocenters. The van der Waals surface area contributed by atoms with Gasteiger partial charge in [-0.3, -0.25) is 4.79 Å². The van der Waals surface area contributed by atoms with Crippen LogP contribution in [0.5, 0.6) is 0 Å². The number of rotatable bonds is 5. The van der Waals surface area contributed by atoms with Gasteiger partial charge in [-0.15, -0.1) is 11.3 Å². The molecule has 0 spiro atoms. The van der Waals surface area contributed by atoms with E-state index in [1.807, 2.05) is 10.3 Å². The third-order valence-corrected chi connectivity index (χ3v) is 7.39. The highest BCUT2D eigenvalue weighted by Crippen LogP contribution is 2.43. The first-order valence-electron chi connectivity index (χ1n) is 10.4. The molecule has 2 aromatic rings. The lowest BCUT2D eigenvalue weighted by molar-refractivity contribution is -0.258. The maximum absolute atomic E-state index is 13.2. The van der Waals surface area contributed by atoms with Crippen LogP contribution in [0.4, 0.5) is 13.2 Å². The number of aromatic nitrogens is 1. The molecule has 168 valence electrons. The Labute approximate surface area is 182 Å². The van der Waals surface area contributed by atoms with E-state index in [2.05, 4.69) is 4.98 Å². The summed E-state index contributed by atoms with van der Waals surface area (Å²) in [4.78, 5) is 19.3. The number of benzene rings is 1. The van der Waals surface area contributed by atoms with E-state index in [0.29, 0.717) is 43.2 Å². The number of amides is 1. The summed E-state index contributed by atoms with van der Waals surface area (Å²) in [6.45, 7) is 0.700. The Morgan fingerprint density at radius 1 is 1.13 bits per heavy atom. The zero-order valence-electron chi connectivity index (χ0n) is 17.1. The van der Waals surface area contributed by atoms with E-state index in [9.17, 15) is 28.2 Å². The maximum atomic E-state index is 13.2. The monoisotopic (exact) mass is 454 g/mol. The summed E-state index contributed by atoms with van der Waals surface area (Å²) >= 11 is 1.42. The highest BCUT2D eigenvalue weighted by Gasteiger charge is 2.51. The molecule has 0 bridgehead atoms. The standard InChI is InChI=1S/C22H25F3N2O3S/c1-20(29,22(23,24)25)15-4-2-14(3-5-15)18(28)27(16-6-7-16)17-8-10-21(30,11-9-17)19-26-12-13-31-19/h2-5,12-13,16-17,29-30H,6-11H2,1H3/t17-,20-,21+/m0/s1. The SMILES string of the molecule is C[C@](O)(c1ccc(C(=O)N(C2CC2)[C@H]2CC[C@](O)(c3nccs3)CC2)cc1)C(F)(F)F. The fourth-order valence-electron chi connectivity index (χ4n) is 4.26. The number of hydrogen-bond donors (Lipinski definition) is 2. The molecule has 2 N–H and O–H groups in total. The molecule has 5 nitrogen and oxygen atoms in total. The highest BCUT2D eigenvalue weighted by molar-refractivity contribution is 7.09. The Bertz CT molecular complexity index is 916. The summed E-state index contributed by atoms with van der Waals surface area (Å²) in [5, 5.41) is 23.3. The number of halogens is 3. The first-order chi connectivity index (χ1) is 14.5.